The number of alkyl halides is 2. The van der Waals surface area contributed by atoms with Gasteiger partial charge in [-0.2, -0.15) is 0 Å². The van der Waals surface area contributed by atoms with Gasteiger partial charge in [-0.25, -0.2) is 13.6 Å². The first-order valence-electron chi connectivity index (χ1n) is 11.7. The lowest BCUT2D eigenvalue weighted by molar-refractivity contribution is -0.117. The van der Waals surface area contributed by atoms with Crippen LogP contribution in [0.4, 0.5) is 5.69 Å². The van der Waals surface area contributed by atoms with Crippen LogP contribution in [-0.2, 0) is 14.8 Å². The Morgan fingerprint density at radius 3 is 1.84 bits per heavy atom. The summed E-state index contributed by atoms with van der Waals surface area (Å²) < 4.78 is 22.5. The van der Waals surface area contributed by atoms with Gasteiger partial charge < -0.3 is 5.32 Å². The molecule has 3 N–H and O–H groups in total. The van der Waals surface area contributed by atoms with Crippen molar-refractivity contribution < 1.29 is 18.0 Å². The molecule has 37 heavy (non-hydrogen) atoms. The molecule has 1 amide bonds. The number of nitrogens with one attached hydrogen (secondary N) is 1. The molecule has 0 aliphatic carbocycles. The maximum absolute atomic E-state index is 12.5. The van der Waals surface area contributed by atoms with Crippen LogP contribution in [0.15, 0.2) is 53.4 Å². The van der Waals surface area contributed by atoms with E-state index >= 15 is 0 Å². The number of Topliss-reactive ketones (excluding diaryl/α,β-unsaturated/α-hetero) is 1. The molecular formula is C26H34Cl4N2O4S. The highest BCUT2D eigenvalue weighted by molar-refractivity contribution is 7.89. The van der Waals surface area contributed by atoms with E-state index in [4.69, 9.17) is 51.5 Å². The van der Waals surface area contributed by atoms with Gasteiger partial charge in [0.05, 0.1) is 21.5 Å². The second kappa shape index (κ2) is 17.1. The summed E-state index contributed by atoms with van der Waals surface area (Å²) in [5, 5.41) is 8.55. The molecule has 0 aromatic heterocycles. The first kappa shape index (κ1) is 35.4. The minimum atomic E-state index is -3.83. The average molecular weight is 612 g/mol. The van der Waals surface area contributed by atoms with Crippen LogP contribution < -0.4 is 10.5 Å². The number of sulfonamides is 1. The molecule has 2 aromatic carbocycles. The van der Waals surface area contributed by atoms with Crippen molar-refractivity contribution >= 4 is 73.8 Å². The number of ketones is 1. The third-order valence-electron chi connectivity index (χ3n) is 4.59. The van der Waals surface area contributed by atoms with E-state index in [1.54, 1.807) is 12.1 Å². The summed E-state index contributed by atoms with van der Waals surface area (Å²) >= 11 is 23.4. The predicted molar refractivity (Wildman–Crippen MR) is 157 cm³/mol. The highest BCUT2D eigenvalue weighted by Crippen LogP contribution is 2.43. The number of benzene rings is 2. The Morgan fingerprint density at radius 1 is 0.946 bits per heavy atom. The summed E-state index contributed by atoms with van der Waals surface area (Å²) in [4.78, 5) is 24.6. The number of halogens is 4. The first-order valence-corrected chi connectivity index (χ1v) is 14.9. The Bertz CT molecular complexity index is 1160. The summed E-state index contributed by atoms with van der Waals surface area (Å²) in [6.45, 7) is 11.8. The minimum absolute atomic E-state index is 0.0937. The molecule has 3 unspecified atom stereocenters. The Morgan fingerprint density at radius 2 is 1.41 bits per heavy atom. The average Bonchev–Trinajstić information content (AvgIpc) is 3.19. The molecular weight excluding hydrogens is 578 g/mol. The van der Waals surface area contributed by atoms with Crippen molar-refractivity contribution in [3.8, 4) is 0 Å². The lowest BCUT2D eigenvalue weighted by atomic mass is 9.92. The first-order chi connectivity index (χ1) is 17.3. The minimum Gasteiger partial charge on any atom is -0.324 e. The summed E-state index contributed by atoms with van der Waals surface area (Å²) in [6, 6.07) is 8.34. The zero-order chi connectivity index (χ0) is 28.9. The number of carbonyl (C=O) groups excluding carboxylic acids is 2. The van der Waals surface area contributed by atoms with E-state index in [1.807, 2.05) is 53.7 Å². The normalized spacial score (nSPS) is 15.5. The molecule has 0 saturated heterocycles. The molecule has 3 atom stereocenters. The highest BCUT2D eigenvalue weighted by Gasteiger charge is 2.35. The molecule has 1 aliphatic rings. The lowest BCUT2D eigenvalue weighted by Crippen LogP contribution is -2.16. The van der Waals surface area contributed by atoms with Crippen LogP contribution in [0.5, 0.6) is 0 Å². The third kappa shape index (κ3) is 11.3. The second-order valence-electron chi connectivity index (χ2n) is 7.30. The van der Waals surface area contributed by atoms with Crippen LogP contribution in [0.3, 0.4) is 0 Å². The summed E-state index contributed by atoms with van der Waals surface area (Å²) in [6.07, 6.45) is 3.63. The van der Waals surface area contributed by atoms with Crippen LogP contribution in [0.2, 0.25) is 10.0 Å². The van der Waals surface area contributed by atoms with Crippen molar-refractivity contribution in [3.63, 3.8) is 0 Å². The number of anilines is 1. The van der Waals surface area contributed by atoms with Gasteiger partial charge >= 0.3 is 0 Å². The van der Waals surface area contributed by atoms with E-state index in [1.165, 1.54) is 24.3 Å². The molecule has 206 valence electrons. The van der Waals surface area contributed by atoms with E-state index in [2.05, 4.69) is 5.32 Å². The van der Waals surface area contributed by atoms with E-state index in [0.29, 0.717) is 21.3 Å². The number of allylic oxidation sites excluding steroid dienone is 2. The molecule has 2 aromatic rings. The Hall–Kier alpha value is -1.61. The molecule has 0 saturated carbocycles. The fraction of sp³-hybridized carbons (Fsp3) is 0.385. The Labute approximate surface area is 240 Å². The number of nitrogens with two attached hydrogens (primary N) is 1. The number of hydrogen-bond acceptors (Lipinski definition) is 4. The number of carbonyl (C=O) groups is 2. The van der Waals surface area contributed by atoms with Gasteiger partial charge in [0.2, 0.25) is 15.9 Å². The molecule has 0 bridgehead atoms. The standard InChI is InChI=1S/C16H12Cl2N2O4S.C6H10Cl2.2C2H6/c17-11-5-6-12(18)15-14(11)10(16(22)20-15)7-13(21)8-1-3-9(4-2-8)25(19,23)24;1-5(7)3-4-6(2)8;2*1-2/h1-6,10H,7H2,(H,20,22)(H2,19,23,24);3-6H,1-2H3;2*1-2H3/b;4-3-;;. The number of hydrogen-bond donors (Lipinski definition) is 2. The van der Waals surface area contributed by atoms with Crippen molar-refractivity contribution in [3.05, 3.63) is 69.7 Å². The van der Waals surface area contributed by atoms with Gasteiger partial charge in [-0.3, -0.25) is 9.59 Å². The summed E-state index contributed by atoms with van der Waals surface area (Å²) in [5.41, 5.74) is 1.18. The quantitative estimate of drug-likeness (QED) is 0.197. The number of rotatable bonds is 6. The van der Waals surface area contributed by atoms with E-state index in [9.17, 15) is 18.0 Å². The van der Waals surface area contributed by atoms with Gasteiger partial charge in [0.15, 0.2) is 5.78 Å². The second-order valence-corrected chi connectivity index (χ2v) is 11.0. The van der Waals surface area contributed by atoms with Crippen LogP contribution in [0, 0.1) is 0 Å². The molecule has 0 radical (unpaired) electrons. The molecule has 3 rings (SSSR count). The molecule has 11 heteroatoms. The van der Waals surface area contributed by atoms with E-state index < -0.39 is 15.9 Å². The SMILES string of the molecule is CC.CC.CC(Cl)/C=C\C(C)Cl.NS(=O)(=O)c1ccc(C(=O)CC2C(=O)Nc3c(Cl)ccc(Cl)c32)cc1. The zero-order valence-electron chi connectivity index (χ0n) is 21.7. The predicted octanol–water partition coefficient (Wildman–Crippen LogP) is 7.80. The van der Waals surface area contributed by atoms with Gasteiger partial charge in [0, 0.05) is 33.3 Å². The third-order valence-corrected chi connectivity index (χ3v) is 6.46. The fourth-order valence-electron chi connectivity index (χ4n) is 3.01. The maximum atomic E-state index is 12.5. The fourth-order valence-corrected chi connectivity index (χ4v) is 4.20. The van der Waals surface area contributed by atoms with Crippen molar-refractivity contribution in [2.75, 3.05) is 5.32 Å². The zero-order valence-corrected chi connectivity index (χ0v) is 25.5. The van der Waals surface area contributed by atoms with Crippen LogP contribution >= 0.6 is 46.4 Å². The van der Waals surface area contributed by atoms with Gasteiger partial charge in [-0.1, -0.05) is 75.2 Å². The monoisotopic (exact) mass is 610 g/mol. The van der Waals surface area contributed by atoms with Crippen molar-refractivity contribution in [2.24, 2.45) is 5.14 Å². The Kier molecular flexibility index (Phi) is 16.3. The molecule has 0 spiro atoms. The molecule has 0 fully saturated rings. The number of fused-ring (bicyclic) bond motifs is 1. The van der Waals surface area contributed by atoms with Crippen molar-refractivity contribution in [1.29, 1.82) is 0 Å². The number of primary sulfonamides is 1. The highest BCUT2D eigenvalue weighted by atomic mass is 35.5. The van der Waals surface area contributed by atoms with Gasteiger partial charge in [-0.05, 0) is 38.1 Å². The van der Waals surface area contributed by atoms with Gasteiger partial charge in [-0.15, -0.1) is 23.2 Å². The van der Waals surface area contributed by atoms with Gasteiger partial charge in [0.25, 0.3) is 0 Å². The van der Waals surface area contributed by atoms with E-state index in [0.717, 1.165) is 0 Å². The lowest BCUT2D eigenvalue weighted by Gasteiger charge is -2.10. The molecule has 1 heterocycles. The largest absolute Gasteiger partial charge is 0.324 e. The molecule has 1 aliphatic heterocycles. The maximum Gasteiger partial charge on any atom is 0.238 e. The van der Waals surface area contributed by atoms with Crippen LogP contribution in [-0.4, -0.2) is 30.9 Å². The summed E-state index contributed by atoms with van der Waals surface area (Å²) in [7, 11) is -3.83. The van der Waals surface area contributed by atoms with E-state index in [-0.39, 0.29) is 39.3 Å². The van der Waals surface area contributed by atoms with Gasteiger partial charge in [0.1, 0.15) is 0 Å². The summed E-state index contributed by atoms with van der Waals surface area (Å²) in [5.74, 6) is -1.45. The van der Waals surface area contributed by atoms with Crippen molar-refractivity contribution in [1.82, 2.24) is 0 Å². The Balaban J connectivity index is 0.000000917. The van der Waals surface area contributed by atoms with Crippen LogP contribution in [0.25, 0.3) is 0 Å². The number of amides is 1. The smallest absolute Gasteiger partial charge is 0.238 e. The molecule has 6 nitrogen and oxygen atoms in total. The van der Waals surface area contributed by atoms with Crippen molar-refractivity contribution in [2.45, 2.75) is 69.5 Å². The van der Waals surface area contributed by atoms with Crippen LogP contribution in [0.1, 0.15) is 69.8 Å². The topological polar surface area (TPSA) is 106 Å².